The molecule has 1 saturated heterocycles. The summed E-state index contributed by atoms with van der Waals surface area (Å²) in [6.07, 6.45) is 7.34. The largest absolute Gasteiger partial charge is 0.333 e. The summed E-state index contributed by atoms with van der Waals surface area (Å²) in [5.74, 6) is 0.622. The maximum atomic E-state index is 12.0. The van der Waals surface area contributed by atoms with Crippen molar-refractivity contribution in [1.29, 1.82) is 0 Å². The fraction of sp³-hybridized carbons (Fsp3) is 0.857. The third kappa shape index (κ3) is 2.70. The second-order valence-corrected chi connectivity index (χ2v) is 5.81. The zero-order valence-corrected chi connectivity index (χ0v) is 10.9. The van der Waals surface area contributed by atoms with Crippen LogP contribution >= 0.6 is 0 Å². The van der Waals surface area contributed by atoms with Gasteiger partial charge >= 0.3 is 0 Å². The number of nitrogens with zero attached hydrogens (tertiary/aromatic N) is 1. The Balaban J connectivity index is 2.10. The predicted molar refractivity (Wildman–Crippen MR) is 66.5 cm³/mol. The molecule has 0 N–H and O–H groups in total. The van der Waals surface area contributed by atoms with Crippen LogP contribution in [0.2, 0.25) is 0 Å². The number of hydrogen-bond donors (Lipinski definition) is 0. The molecule has 0 aromatic heterocycles. The summed E-state index contributed by atoms with van der Waals surface area (Å²) in [7, 11) is 0. The van der Waals surface area contributed by atoms with Gasteiger partial charge in [0.1, 0.15) is 0 Å². The van der Waals surface area contributed by atoms with Crippen LogP contribution in [0.1, 0.15) is 52.4 Å². The summed E-state index contributed by atoms with van der Waals surface area (Å²) in [5, 5.41) is 0. The summed E-state index contributed by atoms with van der Waals surface area (Å²) in [6.45, 7) is 4.35. The summed E-state index contributed by atoms with van der Waals surface area (Å²) < 4.78 is 0. The first-order valence-electron chi connectivity index (χ1n) is 6.91. The lowest BCUT2D eigenvalue weighted by molar-refractivity contribution is -0.148. The van der Waals surface area contributed by atoms with Crippen LogP contribution in [0.3, 0.4) is 0 Å². The van der Waals surface area contributed by atoms with E-state index in [0.29, 0.717) is 17.9 Å². The van der Waals surface area contributed by atoms with Crippen molar-refractivity contribution in [3.63, 3.8) is 0 Å². The van der Waals surface area contributed by atoms with Crippen LogP contribution in [0.5, 0.6) is 0 Å². The summed E-state index contributed by atoms with van der Waals surface area (Å²) in [4.78, 5) is 25.2. The van der Waals surface area contributed by atoms with Crippen molar-refractivity contribution in [2.45, 2.75) is 58.4 Å². The molecule has 1 saturated carbocycles. The highest BCUT2D eigenvalue weighted by molar-refractivity contribution is 6.35. The minimum absolute atomic E-state index is 0.256. The lowest BCUT2D eigenvalue weighted by atomic mass is 9.85. The first-order chi connectivity index (χ1) is 8.09. The molecule has 1 aliphatic carbocycles. The van der Waals surface area contributed by atoms with Crippen molar-refractivity contribution in [2.24, 2.45) is 11.8 Å². The molecule has 1 aliphatic heterocycles. The number of hydrogen-bond acceptors (Lipinski definition) is 2. The molecule has 17 heavy (non-hydrogen) atoms. The average molecular weight is 237 g/mol. The molecule has 1 amide bonds. The van der Waals surface area contributed by atoms with E-state index in [1.165, 1.54) is 39.0 Å². The van der Waals surface area contributed by atoms with Crippen molar-refractivity contribution in [1.82, 2.24) is 4.90 Å². The number of ketones is 1. The van der Waals surface area contributed by atoms with E-state index in [0.717, 1.165) is 13.0 Å². The van der Waals surface area contributed by atoms with E-state index in [4.69, 9.17) is 0 Å². The van der Waals surface area contributed by atoms with E-state index < -0.39 is 0 Å². The fourth-order valence-electron chi connectivity index (χ4n) is 3.44. The van der Waals surface area contributed by atoms with E-state index >= 15 is 0 Å². The van der Waals surface area contributed by atoms with Crippen LogP contribution < -0.4 is 0 Å². The third-order valence-electron chi connectivity index (χ3n) is 4.37. The predicted octanol–water partition coefficient (Wildman–Crippen LogP) is 2.39. The van der Waals surface area contributed by atoms with Crippen molar-refractivity contribution in [2.75, 3.05) is 6.54 Å². The maximum absolute atomic E-state index is 12.0. The van der Waals surface area contributed by atoms with Crippen LogP contribution in [0.25, 0.3) is 0 Å². The van der Waals surface area contributed by atoms with Crippen molar-refractivity contribution >= 4 is 11.7 Å². The Morgan fingerprint density at radius 2 is 1.71 bits per heavy atom. The molecule has 3 nitrogen and oxygen atoms in total. The van der Waals surface area contributed by atoms with E-state index in [2.05, 4.69) is 6.92 Å². The van der Waals surface area contributed by atoms with E-state index in [9.17, 15) is 9.59 Å². The summed E-state index contributed by atoms with van der Waals surface area (Å²) in [5.41, 5.74) is 0. The highest BCUT2D eigenvalue weighted by atomic mass is 16.2. The number of carbonyl (C=O) groups is 2. The molecule has 0 aromatic rings. The highest BCUT2D eigenvalue weighted by Crippen LogP contribution is 2.36. The summed E-state index contributed by atoms with van der Waals surface area (Å²) in [6, 6.07) is 0.338. The van der Waals surface area contributed by atoms with E-state index in [-0.39, 0.29) is 11.7 Å². The molecule has 96 valence electrons. The first kappa shape index (κ1) is 12.6. The molecule has 0 spiro atoms. The second kappa shape index (κ2) is 5.19. The van der Waals surface area contributed by atoms with Gasteiger partial charge in [-0.05, 0) is 37.5 Å². The fourth-order valence-corrected chi connectivity index (χ4v) is 3.44. The first-order valence-corrected chi connectivity index (χ1v) is 6.91. The number of likely N-dealkylation sites (tertiary alicyclic amines) is 1. The molecule has 2 rings (SSSR count). The third-order valence-corrected chi connectivity index (χ3v) is 4.37. The van der Waals surface area contributed by atoms with Gasteiger partial charge in [0, 0.05) is 19.5 Å². The molecule has 1 heterocycles. The van der Waals surface area contributed by atoms with Crippen LogP contribution in [-0.2, 0) is 9.59 Å². The number of rotatable bonds is 2. The quantitative estimate of drug-likeness (QED) is 0.692. The maximum Gasteiger partial charge on any atom is 0.289 e. The van der Waals surface area contributed by atoms with Gasteiger partial charge in [0.15, 0.2) is 0 Å². The molecule has 1 unspecified atom stereocenters. The topological polar surface area (TPSA) is 37.4 Å². The Morgan fingerprint density at radius 3 is 2.29 bits per heavy atom. The lowest BCUT2D eigenvalue weighted by Crippen LogP contribution is -2.51. The lowest BCUT2D eigenvalue weighted by Gasteiger charge is -2.41. The standard InChI is InChI=1S/C14H23NO2/c1-10-7-8-13(12-5-3-4-6-12)15(9-10)14(17)11(2)16/h10,12-13H,3-9H2,1-2H3/t10?,13-/m0/s1. The van der Waals surface area contributed by atoms with E-state index in [1.807, 2.05) is 4.90 Å². The number of amides is 1. The highest BCUT2D eigenvalue weighted by Gasteiger charge is 2.37. The Hall–Kier alpha value is -0.860. The van der Waals surface area contributed by atoms with Gasteiger partial charge in [0.25, 0.3) is 5.91 Å². The molecule has 2 atom stereocenters. The van der Waals surface area contributed by atoms with Crippen LogP contribution in [0.15, 0.2) is 0 Å². The molecular formula is C14H23NO2. The smallest absolute Gasteiger partial charge is 0.289 e. The number of carbonyl (C=O) groups excluding carboxylic acids is 2. The Bertz CT molecular complexity index is 307. The van der Waals surface area contributed by atoms with E-state index in [1.54, 1.807) is 0 Å². The average Bonchev–Trinajstić information content (AvgIpc) is 2.81. The molecule has 0 aromatic carbocycles. The molecular weight excluding hydrogens is 214 g/mol. The van der Waals surface area contributed by atoms with Gasteiger partial charge in [-0.15, -0.1) is 0 Å². The van der Waals surface area contributed by atoms with Crippen molar-refractivity contribution in [3.05, 3.63) is 0 Å². The SMILES string of the molecule is CC(=O)C(=O)N1CC(C)CC[C@H]1C1CCCC1. The molecule has 2 aliphatic rings. The Labute approximate surface area is 104 Å². The van der Waals surface area contributed by atoms with Gasteiger partial charge in [-0.25, -0.2) is 0 Å². The van der Waals surface area contributed by atoms with Gasteiger partial charge in [0.2, 0.25) is 5.78 Å². The van der Waals surface area contributed by atoms with Crippen molar-refractivity contribution < 1.29 is 9.59 Å². The molecule has 2 fully saturated rings. The van der Waals surface area contributed by atoms with Crippen LogP contribution in [-0.4, -0.2) is 29.2 Å². The number of Topliss-reactive ketones (excluding diaryl/α,β-unsaturated/α-hetero) is 1. The number of piperidine rings is 1. The zero-order chi connectivity index (χ0) is 12.4. The molecule has 0 bridgehead atoms. The van der Waals surface area contributed by atoms with Gasteiger partial charge in [0.05, 0.1) is 0 Å². The summed E-state index contributed by atoms with van der Waals surface area (Å²) >= 11 is 0. The normalized spacial score (nSPS) is 30.6. The monoisotopic (exact) mass is 237 g/mol. The second-order valence-electron chi connectivity index (χ2n) is 5.81. The zero-order valence-electron chi connectivity index (χ0n) is 10.9. The minimum atomic E-state index is -0.304. The van der Waals surface area contributed by atoms with Crippen molar-refractivity contribution in [3.8, 4) is 0 Å². The van der Waals surface area contributed by atoms with Gasteiger partial charge in [-0.2, -0.15) is 0 Å². The van der Waals surface area contributed by atoms with Crippen LogP contribution in [0, 0.1) is 11.8 Å². The molecule has 0 radical (unpaired) electrons. The van der Waals surface area contributed by atoms with Gasteiger partial charge in [-0.1, -0.05) is 19.8 Å². The minimum Gasteiger partial charge on any atom is -0.333 e. The molecule has 3 heteroatoms. The van der Waals surface area contributed by atoms with Crippen LogP contribution in [0.4, 0.5) is 0 Å². The Kier molecular flexibility index (Phi) is 3.85. The van der Waals surface area contributed by atoms with Gasteiger partial charge < -0.3 is 4.90 Å². The Morgan fingerprint density at radius 1 is 1.06 bits per heavy atom. The van der Waals surface area contributed by atoms with Gasteiger partial charge in [-0.3, -0.25) is 9.59 Å².